The number of hydrogen-bond acceptors (Lipinski definition) is 5. The predicted molar refractivity (Wildman–Crippen MR) is 71.6 cm³/mol. The standard InChI is InChI=1S/C14H13NO5/c1-5-6-15-8-7-9(18-2)12(19-3)13(20-4)10(8)11(16)14(15)17/h1,7H,6H2,2-4H3. The van der Waals surface area contributed by atoms with Gasteiger partial charge in [0, 0.05) is 6.07 Å². The molecule has 20 heavy (non-hydrogen) atoms. The summed E-state index contributed by atoms with van der Waals surface area (Å²) in [6, 6.07) is 1.54. The third kappa shape index (κ3) is 1.75. The molecule has 0 fully saturated rings. The third-order valence-electron chi connectivity index (χ3n) is 3.02. The second-order valence-electron chi connectivity index (χ2n) is 3.96. The molecule has 0 radical (unpaired) electrons. The lowest BCUT2D eigenvalue weighted by atomic mass is 10.1. The van der Waals surface area contributed by atoms with Crippen LogP contribution in [0.2, 0.25) is 0 Å². The smallest absolute Gasteiger partial charge is 0.300 e. The molecule has 1 amide bonds. The lowest BCUT2D eigenvalue weighted by molar-refractivity contribution is -0.114. The van der Waals surface area contributed by atoms with E-state index in [1.165, 1.54) is 32.3 Å². The normalized spacial score (nSPS) is 13.0. The Morgan fingerprint density at radius 1 is 1.15 bits per heavy atom. The number of rotatable bonds is 4. The Morgan fingerprint density at radius 2 is 1.80 bits per heavy atom. The van der Waals surface area contributed by atoms with Crippen LogP contribution < -0.4 is 19.1 Å². The third-order valence-corrected chi connectivity index (χ3v) is 3.02. The van der Waals surface area contributed by atoms with Crippen LogP contribution in [0.4, 0.5) is 5.69 Å². The number of carbonyl (C=O) groups excluding carboxylic acids is 2. The van der Waals surface area contributed by atoms with Crippen LogP contribution in [0.25, 0.3) is 0 Å². The zero-order chi connectivity index (χ0) is 14.9. The number of methoxy groups -OCH3 is 3. The fraction of sp³-hybridized carbons (Fsp3) is 0.286. The second kappa shape index (κ2) is 5.13. The molecule has 1 aromatic rings. The average molecular weight is 275 g/mol. The van der Waals surface area contributed by atoms with Gasteiger partial charge in [-0.3, -0.25) is 14.5 Å². The number of nitrogens with zero attached hydrogens (tertiary/aromatic N) is 1. The van der Waals surface area contributed by atoms with E-state index in [9.17, 15) is 9.59 Å². The van der Waals surface area contributed by atoms with Crippen molar-refractivity contribution in [3.05, 3.63) is 11.6 Å². The van der Waals surface area contributed by atoms with Crippen LogP contribution in [0.3, 0.4) is 0 Å². The molecule has 0 atom stereocenters. The Kier molecular flexibility index (Phi) is 3.53. The number of Topliss-reactive ketones (excluding diaryl/α,β-unsaturated/α-hetero) is 1. The summed E-state index contributed by atoms with van der Waals surface area (Å²) in [7, 11) is 4.26. The maximum atomic E-state index is 12.1. The summed E-state index contributed by atoms with van der Waals surface area (Å²) in [5, 5.41) is 0. The van der Waals surface area contributed by atoms with Gasteiger partial charge in [0.2, 0.25) is 5.75 Å². The molecule has 6 nitrogen and oxygen atoms in total. The molecule has 0 unspecified atom stereocenters. The minimum atomic E-state index is -0.688. The monoisotopic (exact) mass is 275 g/mol. The number of amides is 1. The molecule has 0 saturated heterocycles. The first-order valence-corrected chi connectivity index (χ1v) is 5.73. The first-order chi connectivity index (χ1) is 9.60. The van der Waals surface area contributed by atoms with Crippen molar-refractivity contribution in [2.24, 2.45) is 0 Å². The summed E-state index contributed by atoms with van der Waals surface area (Å²) in [5.74, 6) is 1.77. The highest BCUT2D eigenvalue weighted by Crippen LogP contribution is 2.47. The van der Waals surface area contributed by atoms with Crippen molar-refractivity contribution in [2.45, 2.75) is 0 Å². The van der Waals surface area contributed by atoms with Crippen molar-refractivity contribution in [2.75, 3.05) is 32.8 Å². The Balaban J connectivity index is 2.76. The van der Waals surface area contributed by atoms with E-state index < -0.39 is 11.7 Å². The number of carbonyl (C=O) groups is 2. The summed E-state index contributed by atoms with van der Waals surface area (Å²) in [6.07, 6.45) is 5.23. The average Bonchev–Trinajstić information content (AvgIpc) is 2.70. The van der Waals surface area contributed by atoms with Crippen LogP contribution in [-0.2, 0) is 4.79 Å². The van der Waals surface area contributed by atoms with Crippen molar-refractivity contribution < 1.29 is 23.8 Å². The minimum Gasteiger partial charge on any atom is -0.493 e. The van der Waals surface area contributed by atoms with Crippen LogP contribution in [0.15, 0.2) is 6.07 Å². The van der Waals surface area contributed by atoms with Gasteiger partial charge in [-0.2, -0.15) is 0 Å². The minimum absolute atomic E-state index is 0.00376. The van der Waals surface area contributed by atoms with E-state index in [0.29, 0.717) is 11.4 Å². The van der Waals surface area contributed by atoms with E-state index >= 15 is 0 Å². The fourth-order valence-corrected chi connectivity index (χ4v) is 2.16. The van der Waals surface area contributed by atoms with Gasteiger partial charge in [0.25, 0.3) is 11.7 Å². The molecule has 0 bridgehead atoms. The lowest BCUT2D eigenvalue weighted by Crippen LogP contribution is -2.29. The van der Waals surface area contributed by atoms with Gasteiger partial charge >= 0.3 is 0 Å². The van der Waals surface area contributed by atoms with Crippen molar-refractivity contribution in [3.63, 3.8) is 0 Å². The number of hydrogen-bond donors (Lipinski definition) is 0. The second-order valence-corrected chi connectivity index (χ2v) is 3.96. The Hall–Kier alpha value is -2.68. The highest BCUT2D eigenvalue weighted by Gasteiger charge is 2.40. The number of fused-ring (bicyclic) bond motifs is 1. The van der Waals surface area contributed by atoms with Gasteiger partial charge in [-0.05, 0) is 0 Å². The number of benzene rings is 1. The fourth-order valence-electron chi connectivity index (χ4n) is 2.16. The quantitative estimate of drug-likeness (QED) is 0.602. The molecule has 1 aliphatic heterocycles. The molecule has 6 heteroatoms. The molecule has 1 aliphatic rings. The predicted octanol–water partition coefficient (Wildman–Crippen LogP) is 0.875. The molecule has 2 rings (SSSR count). The van der Waals surface area contributed by atoms with Gasteiger partial charge in [0.15, 0.2) is 11.5 Å². The Morgan fingerprint density at radius 3 is 2.30 bits per heavy atom. The van der Waals surface area contributed by atoms with Crippen LogP contribution in [0, 0.1) is 12.3 Å². The summed E-state index contributed by atoms with van der Waals surface area (Å²) in [5.41, 5.74) is 0.512. The van der Waals surface area contributed by atoms with Crippen molar-refractivity contribution in [1.82, 2.24) is 0 Å². The molecule has 0 aromatic heterocycles. The molecule has 0 saturated carbocycles. The van der Waals surface area contributed by atoms with Gasteiger partial charge in [-0.1, -0.05) is 5.92 Å². The van der Waals surface area contributed by atoms with Crippen LogP contribution in [0.1, 0.15) is 10.4 Å². The van der Waals surface area contributed by atoms with Crippen LogP contribution in [0.5, 0.6) is 17.2 Å². The van der Waals surface area contributed by atoms with Crippen LogP contribution in [-0.4, -0.2) is 39.6 Å². The maximum Gasteiger partial charge on any atom is 0.300 e. The first-order valence-electron chi connectivity index (χ1n) is 5.73. The van der Waals surface area contributed by atoms with Crippen molar-refractivity contribution in [1.29, 1.82) is 0 Å². The van der Waals surface area contributed by atoms with Crippen LogP contribution >= 0.6 is 0 Å². The Labute approximate surface area is 116 Å². The van der Waals surface area contributed by atoms with E-state index in [2.05, 4.69) is 5.92 Å². The highest BCUT2D eigenvalue weighted by atomic mass is 16.5. The van der Waals surface area contributed by atoms with Crippen molar-refractivity contribution in [3.8, 4) is 29.6 Å². The SMILES string of the molecule is C#CCN1C(=O)C(=O)c2c1cc(OC)c(OC)c2OC. The number of ketones is 1. The number of ether oxygens (including phenoxy) is 3. The molecule has 104 valence electrons. The van der Waals surface area contributed by atoms with E-state index in [4.69, 9.17) is 20.6 Å². The molecule has 0 N–H and O–H groups in total. The van der Waals surface area contributed by atoms with E-state index in [-0.39, 0.29) is 23.6 Å². The summed E-state index contributed by atoms with van der Waals surface area (Å²) in [6.45, 7) is -0.00376. The molecule has 1 heterocycles. The van der Waals surface area contributed by atoms with Gasteiger partial charge in [-0.25, -0.2) is 0 Å². The topological polar surface area (TPSA) is 65.1 Å². The zero-order valence-electron chi connectivity index (χ0n) is 11.4. The summed E-state index contributed by atoms with van der Waals surface area (Å²) >= 11 is 0. The first kappa shape index (κ1) is 13.7. The van der Waals surface area contributed by atoms with Gasteiger partial charge in [-0.15, -0.1) is 6.42 Å². The van der Waals surface area contributed by atoms with E-state index in [0.717, 1.165) is 0 Å². The van der Waals surface area contributed by atoms with E-state index in [1.54, 1.807) is 0 Å². The van der Waals surface area contributed by atoms with Gasteiger partial charge < -0.3 is 14.2 Å². The van der Waals surface area contributed by atoms with E-state index in [1.807, 2.05) is 0 Å². The lowest BCUT2D eigenvalue weighted by Gasteiger charge is -2.17. The summed E-state index contributed by atoms with van der Waals surface area (Å²) < 4.78 is 15.6. The zero-order valence-corrected chi connectivity index (χ0v) is 11.4. The molecule has 1 aromatic carbocycles. The maximum absolute atomic E-state index is 12.1. The summed E-state index contributed by atoms with van der Waals surface area (Å²) in [4.78, 5) is 25.3. The number of anilines is 1. The molecular formula is C14H13NO5. The number of terminal acetylenes is 1. The highest BCUT2D eigenvalue weighted by molar-refractivity contribution is 6.53. The Bertz CT molecular complexity index is 629. The molecular weight excluding hydrogens is 262 g/mol. The van der Waals surface area contributed by atoms with Gasteiger partial charge in [0.1, 0.15) is 0 Å². The van der Waals surface area contributed by atoms with Gasteiger partial charge in [0.05, 0.1) is 39.1 Å². The molecule has 0 aliphatic carbocycles. The van der Waals surface area contributed by atoms with Crippen molar-refractivity contribution >= 4 is 17.4 Å². The molecule has 0 spiro atoms. The largest absolute Gasteiger partial charge is 0.493 e.